The van der Waals surface area contributed by atoms with Crippen molar-refractivity contribution in [3.05, 3.63) is 11.6 Å². The Morgan fingerprint density at radius 1 is 1.11 bits per heavy atom. The number of hydrogen-bond donors (Lipinski definition) is 0. The van der Waals surface area contributed by atoms with Gasteiger partial charge in [-0.3, -0.25) is 0 Å². The topological polar surface area (TPSA) is 38.8 Å². The van der Waals surface area contributed by atoms with Crippen LogP contribution in [0.2, 0.25) is 0 Å². The van der Waals surface area contributed by atoms with Crippen molar-refractivity contribution in [3.8, 4) is 0 Å². The second-order valence-electron chi connectivity index (χ2n) is 5.27. The van der Waals surface area contributed by atoms with E-state index in [1.807, 2.05) is 0 Å². The quantitative estimate of drug-likeness (QED) is 0.273. The van der Waals surface area contributed by atoms with Gasteiger partial charge in [0.05, 0.1) is 19.3 Å². The number of hydrogen-bond acceptors (Lipinski definition) is 3. The van der Waals surface area contributed by atoms with Crippen LogP contribution < -0.4 is 0 Å². The number of carbonyl (C=O) groups excluding carboxylic acids is 1. The zero-order chi connectivity index (χ0) is 12.6. The molecular formula is C15H24O3. The molecule has 0 bridgehead atoms. The van der Waals surface area contributed by atoms with Gasteiger partial charge in [0, 0.05) is 12.0 Å². The van der Waals surface area contributed by atoms with Crippen molar-refractivity contribution >= 4 is 5.97 Å². The maximum absolute atomic E-state index is 11.2. The van der Waals surface area contributed by atoms with Crippen molar-refractivity contribution in [3.63, 3.8) is 0 Å². The third-order valence-electron chi connectivity index (χ3n) is 3.64. The summed E-state index contributed by atoms with van der Waals surface area (Å²) < 4.78 is 10.1. The molecule has 0 unspecified atom stereocenters. The largest absolute Gasteiger partial charge is 0.462 e. The van der Waals surface area contributed by atoms with Crippen molar-refractivity contribution < 1.29 is 14.3 Å². The van der Waals surface area contributed by atoms with Gasteiger partial charge in [0.25, 0.3) is 0 Å². The predicted molar refractivity (Wildman–Crippen MR) is 70.3 cm³/mol. The molecular weight excluding hydrogens is 228 g/mol. The minimum atomic E-state index is -0.0997. The van der Waals surface area contributed by atoms with E-state index < -0.39 is 0 Å². The first kappa shape index (κ1) is 13.6. The van der Waals surface area contributed by atoms with Gasteiger partial charge in [-0.15, -0.1) is 0 Å². The molecule has 2 fully saturated rings. The number of esters is 1. The molecule has 0 amide bonds. The van der Waals surface area contributed by atoms with E-state index in [9.17, 15) is 4.79 Å². The third-order valence-corrected chi connectivity index (χ3v) is 3.64. The zero-order valence-corrected chi connectivity index (χ0v) is 11.2. The average Bonchev–Trinajstić information content (AvgIpc) is 3.10. The first-order valence-electron chi connectivity index (χ1n) is 7.34. The van der Waals surface area contributed by atoms with Gasteiger partial charge < -0.3 is 9.47 Å². The van der Waals surface area contributed by atoms with Gasteiger partial charge in [0.1, 0.15) is 0 Å². The molecule has 0 radical (unpaired) electrons. The lowest BCUT2D eigenvalue weighted by Gasteiger charge is -2.00. The summed E-state index contributed by atoms with van der Waals surface area (Å²) in [6, 6.07) is 0. The summed E-state index contributed by atoms with van der Waals surface area (Å²) in [7, 11) is 0. The highest BCUT2D eigenvalue weighted by atomic mass is 16.6. The number of rotatable bonds is 9. The molecule has 2 heterocycles. The Hall–Kier alpha value is -0.830. The molecule has 3 nitrogen and oxygen atoms in total. The van der Waals surface area contributed by atoms with Crippen molar-refractivity contribution in [1.82, 2.24) is 0 Å². The molecule has 2 rings (SSSR count). The molecule has 2 aliphatic heterocycles. The number of ether oxygens (including phenoxy) is 2. The fourth-order valence-corrected chi connectivity index (χ4v) is 2.37. The summed E-state index contributed by atoms with van der Waals surface area (Å²) in [6.07, 6.45) is 13.6. The highest BCUT2D eigenvalue weighted by molar-refractivity contribution is 5.90. The van der Waals surface area contributed by atoms with E-state index in [0.717, 1.165) is 25.0 Å². The molecule has 2 aliphatic rings. The summed E-state index contributed by atoms with van der Waals surface area (Å²) in [6.45, 7) is 1.58. The monoisotopic (exact) mass is 252 g/mol. The first-order valence-corrected chi connectivity index (χ1v) is 7.34. The molecule has 0 spiro atoms. The van der Waals surface area contributed by atoms with Gasteiger partial charge in [-0.25, -0.2) is 4.79 Å². The molecule has 0 aromatic heterocycles. The van der Waals surface area contributed by atoms with E-state index in [4.69, 9.17) is 9.47 Å². The second kappa shape index (κ2) is 7.57. The maximum Gasteiger partial charge on any atom is 0.333 e. The highest BCUT2D eigenvalue weighted by Gasteiger charge is 2.20. The molecule has 2 saturated heterocycles. The molecule has 0 aromatic carbocycles. The number of carbonyl (C=O) groups is 1. The van der Waals surface area contributed by atoms with Gasteiger partial charge in [0.2, 0.25) is 0 Å². The number of unbranched alkanes of at least 4 members (excludes halogenated alkanes) is 6. The van der Waals surface area contributed by atoms with Crippen LogP contribution in [-0.4, -0.2) is 25.3 Å². The molecule has 0 aromatic rings. The van der Waals surface area contributed by atoms with E-state index in [1.54, 1.807) is 0 Å². The van der Waals surface area contributed by atoms with Crippen LogP contribution in [0.5, 0.6) is 0 Å². The van der Waals surface area contributed by atoms with Crippen LogP contribution in [0.4, 0.5) is 0 Å². The molecule has 1 atom stereocenters. The van der Waals surface area contributed by atoms with E-state index in [0.29, 0.717) is 12.7 Å². The number of epoxide rings is 1. The summed E-state index contributed by atoms with van der Waals surface area (Å²) in [5, 5.41) is 0. The molecule has 102 valence electrons. The lowest BCUT2D eigenvalue weighted by molar-refractivity contribution is -0.135. The Kier molecular flexibility index (Phi) is 5.72. The minimum absolute atomic E-state index is 0.0997. The Morgan fingerprint density at radius 2 is 1.83 bits per heavy atom. The van der Waals surface area contributed by atoms with Gasteiger partial charge in [-0.05, 0) is 19.3 Å². The summed E-state index contributed by atoms with van der Waals surface area (Å²) >= 11 is 0. The smallest absolute Gasteiger partial charge is 0.333 e. The normalized spacial score (nSPS) is 24.6. The van der Waals surface area contributed by atoms with Crippen LogP contribution in [-0.2, 0) is 14.3 Å². The SMILES string of the molecule is O=C1OCC/C1=C\CCCCCCCC[C@H]1CO1. The first-order chi connectivity index (χ1) is 8.86. The highest BCUT2D eigenvalue weighted by Crippen LogP contribution is 2.18. The van der Waals surface area contributed by atoms with Crippen LogP contribution in [0.15, 0.2) is 11.6 Å². The molecule has 0 N–H and O–H groups in total. The predicted octanol–water partition coefficient (Wildman–Crippen LogP) is 3.38. The van der Waals surface area contributed by atoms with Gasteiger partial charge in [-0.1, -0.05) is 38.2 Å². The minimum Gasteiger partial charge on any atom is -0.462 e. The second-order valence-corrected chi connectivity index (χ2v) is 5.27. The van der Waals surface area contributed by atoms with Crippen molar-refractivity contribution in [2.75, 3.05) is 13.2 Å². The molecule has 0 aliphatic carbocycles. The Balaban J connectivity index is 1.38. The van der Waals surface area contributed by atoms with Crippen LogP contribution in [0, 0.1) is 0 Å². The van der Waals surface area contributed by atoms with Crippen molar-refractivity contribution in [2.24, 2.45) is 0 Å². The number of cyclic esters (lactones) is 1. The van der Waals surface area contributed by atoms with Crippen molar-refractivity contribution in [1.29, 1.82) is 0 Å². The van der Waals surface area contributed by atoms with E-state index in [2.05, 4.69) is 6.08 Å². The van der Waals surface area contributed by atoms with Crippen molar-refractivity contribution in [2.45, 2.75) is 63.9 Å². The summed E-state index contributed by atoms with van der Waals surface area (Å²) in [4.78, 5) is 11.2. The van der Waals surface area contributed by atoms with E-state index in [1.165, 1.54) is 44.9 Å². The Bertz CT molecular complexity index is 292. The fraction of sp³-hybridized carbons (Fsp3) is 0.800. The van der Waals surface area contributed by atoms with Gasteiger partial charge in [-0.2, -0.15) is 0 Å². The van der Waals surface area contributed by atoms with Crippen LogP contribution in [0.3, 0.4) is 0 Å². The summed E-state index contributed by atoms with van der Waals surface area (Å²) in [5.41, 5.74) is 0.888. The van der Waals surface area contributed by atoms with Crippen LogP contribution >= 0.6 is 0 Å². The zero-order valence-electron chi connectivity index (χ0n) is 11.2. The standard InChI is InChI=1S/C15H24O3/c16-15-13(10-11-17-15)8-6-4-2-1-3-5-7-9-14-12-18-14/h8,14H,1-7,9-12H2/b13-8+/t14-/m0/s1. The van der Waals surface area contributed by atoms with Gasteiger partial charge >= 0.3 is 5.97 Å². The fourth-order valence-electron chi connectivity index (χ4n) is 2.37. The molecule has 0 saturated carbocycles. The maximum atomic E-state index is 11.2. The lowest BCUT2D eigenvalue weighted by atomic mass is 10.1. The van der Waals surface area contributed by atoms with E-state index in [-0.39, 0.29) is 5.97 Å². The number of allylic oxidation sites excluding steroid dienone is 1. The Morgan fingerprint density at radius 3 is 2.50 bits per heavy atom. The Labute approximate surface area is 110 Å². The third kappa shape index (κ3) is 5.21. The van der Waals surface area contributed by atoms with Crippen LogP contribution in [0.1, 0.15) is 57.8 Å². The van der Waals surface area contributed by atoms with Gasteiger partial charge in [0.15, 0.2) is 0 Å². The van der Waals surface area contributed by atoms with E-state index >= 15 is 0 Å². The average molecular weight is 252 g/mol. The lowest BCUT2D eigenvalue weighted by Crippen LogP contribution is -1.94. The molecule has 3 heteroatoms. The molecule has 18 heavy (non-hydrogen) atoms. The summed E-state index contributed by atoms with van der Waals surface area (Å²) in [5.74, 6) is -0.0997. The van der Waals surface area contributed by atoms with Crippen LogP contribution in [0.25, 0.3) is 0 Å².